The summed E-state index contributed by atoms with van der Waals surface area (Å²) >= 11 is 0. The van der Waals surface area contributed by atoms with Crippen molar-refractivity contribution in [2.45, 2.75) is 124 Å². The van der Waals surface area contributed by atoms with Crippen LogP contribution in [0, 0.1) is 0 Å². The molecule has 3 saturated heterocycles. The van der Waals surface area contributed by atoms with Gasteiger partial charge in [-0.05, 0) is 6.92 Å². The van der Waals surface area contributed by atoms with Gasteiger partial charge in [-0.15, -0.1) is 0 Å². The van der Waals surface area contributed by atoms with Gasteiger partial charge in [0.2, 0.25) is 5.91 Å². The maximum Gasteiger partial charge on any atom is 0.217 e. The smallest absolute Gasteiger partial charge is 0.217 e. The zero-order chi connectivity index (χ0) is 33.0. The van der Waals surface area contributed by atoms with Gasteiger partial charge in [0.1, 0.15) is 79.3 Å². The molecule has 3 rings (SSSR count). The van der Waals surface area contributed by atoms with E-state index in [0.717, 1.165) is 6.92 Å². The second-order valence-corrected chi connectivity index (χ2v) is 10.8. The van der Waals surface area contributed by atoms with Crippen LogP contribution in [-0.2, 0) is 33.2 Å². The first-order valence-electron chi connectivity index (χ1n) is 13.8. The lowest BCUT2D eigenvalue weighted by Gasteiger charge is -2.44. The minimum Gasteiger partial charge on any atom is -0.394 e. The van der Waals surface area contributed by atoms with Gasteiger partial charge < -0.3 is 95.0 Å². The first kappa shape index (κ1) is 37.2. The van der Waals surface area contributed by atoms with Crippen molar-refractivity contribution in [3.8, 4) is 0 Å². The third-order valence-electron chi connectivity index (χ3n) is 7.61. The van der Waals surface area contributed by atoms with Gasteiger partial charge in [-0.2, -0.15) is 0 Å². The Morgan fingerprint density at radius 2 is 1.30 bits per heavy atom. The van der Waals surface area contributed by atoms with Gasteiger partial charge in [-0.25, -0.2) is 0 Å². The number of aliphatic hydroxyl groups excluding tert-OH is 12. The lowest BCUT2D eigenvalue weighted by atomic mass is 9.98. The topological polar surface area (TPSA) is 327 Å². The molecule has 0 aromatic heterocycles. The Balaban J connectivity index is 1.90. The highest BCUT2D eigenvalue weighted by Gasteiger charge is 2.50. The van der Waals surface area contributed by atoms with Gasteiger partial charge in [-0.1, -0.05) is 0 Å². The number of carbonyl (C=O) groups excluding carboxylic acids is 1. The maximum atomic E-state index is 12.2. The van der Waals surface area contributed by atoms with Gasteiger partial charge in [0, 0.05) is 6.92 Å². The molecule has 20 heteroatoms. The van der Waals surface area contributed by atoms with Crippen LogP contribution in [0.5, 0.6) is 0 Å². The first-order chi connectivity index (χ1) is 20.6. The fraction of sp³-hybridized carbons (Fsp3) is 0.958. The van der Waals surface area contributed by atoms with Crippen LogP contribution in [0.15, 0.2) is 0 Å². The van der Waals surface area contributed by atoms with E-state index in [-0.39, 0.29) is 0 Å². The molecule has 258 valence electrons. The molecule has 1 amide bonds. The Morgan fingerprint density at radius 1 is 0.727 bits per heavy atom. The van der Waals surface area contributed by atoms with Crippen LogP contribution in [0.25, 0.3) is 0 Å². The summed E-state index contributed by atoms with van der Waals surface area (Å²) in [4.78, 5) is 12.2. The SMILES string of the molecule is CC(=O)N[C@@H]([C@H](O)O[C@@H]1[C@@H](O)[C@H](O)O[C@H](CO)[C@@H]1O)[C@H](CO[C@@H]1O[C@H](CO)[C@H](O)[C@H](O)[C@H]1O)O[C@@H]1O[C@@H](C)[C@@H](O)[C@@H](O)[C@@H]1O. The normalized spacial score (nSPS) is 45.4. The van der Waals surface area contributed by atoms with Crippen LogP contribution < -0.4 is 5.32 Å². The molecule has 0 unspecified atom stereocenters. The molecule has 20 nitrogen and oxygen atoms in total. The molecule has 3 heterocycles. The van der Waals surface area contributed by atoms with Crippen molar-refractivity contribution in [2.75, 3.05) is 19.8 Å². The summed E-state index contributed by atoms with van der Waals surface area (Å²) in [7, 11) is 0. The summed E-state index contributed by atoms with van der Waals surface area (Å²) in [6.45, 7) is -0.0580. The zero-order valence-electron chi connectivity index (χ0n) is 23.7. The van der Waals surface area contributed by atoms with Crippen molar-refractivity contribution in [3.05, 3.63) is 0 Å². The highest BCUT2D eigenvalue weighted by Crippen LogP contribution is 2.28. The average molecular weight is 650 g/mol. The Bertz CT molecular complexity index is 902. The van der Waals surface area contributed by atoms with E-state index < -0.39 is 136 Å². The largest absolute Gasteiger partial charge is 0.394 e. The Labute approximate surface area is 250 Å². The second-order valence-electron chi connectivity index (χ2n) is 10.8. The molecule has 0 bridgehead atoms. The molecule has 0 spiro atoms. The molecule has 0 aromatic rings. The van der Waals surface area contributed by atoms with Gasteiger partial charge in [0.25, 0.3) is 0 Å². The molecule has 3 aliphatic rings. The minimum atomic E-state index is -2.24. The van der Waals surface area contributed by atoms with Gasteiger partial charge in [0.05, 0.1) is 25.9 Å². The van der Waals surface area contributed by atoms with E-state index >= 15 is 0 Å². The standard InChI is InChI=1S/C24H43NO19/c1-6-12(29)15(32)18(35)24(40-6)43-10(5-39-23-17(34)16(33)13(30)8(3-26)42-23)11(25-7(2)28)21(37)44-20-14(31)9(4-27)41-22(38)19(20)36/h6,8-24,26-27,29-38H,3-5H2,1-2H3,(H,25,28)/t6-,8+,9+,10-,11+,12+,13-,14-,15+,16-,17+,18-,19+,20-,21+,22+,23+,24-/m0/s1. The van der Waals surface area contributed by atoms with E-state index in [1.165, 1.54) is 6.92 Å². The van der Waals surface area contributed by atoms with Crippen LogP contribution in [0.3, 0.4) is 0 Å². The van der Waals surface area contributed by atoms with Crippen molar-refractivity contribution >= 4 is 5.91 Å². The Kier molecular flexibility index (Phi) is 13.6. The Hall–Kier alpha value is -1.25. The van der Waals surface area contributed by atoms with E-state index in [9.17, 15) is 66.1 Å². The van der Waals surface area contributed by atoms with E-state index in [4.69, 9.17) is 28.4 Å². The highest BCUT2D eigenvalue weighted by atomic mass is 16.7. The second kappa shape index (κ2) is 16.0. The predicted molar refractivity (Wildman–Crippen MR) is 135 cm³/mol. The van der Waals surface area contributed by atoms with Gasteiger partial charge in [-0.3, -0.25) is 4.79 Å². The first-order valence-corrected chi connectivity index (χ1v) is 13.8. The summed E-state index contributed by atoms with van der Waals surface area (Å²) in [5, 5.41) is 124. The highest BCUT2D eigenvalue weighted by molar-refractivity contribution is 5.73. The van der Waals surface area contributed by atoms with Crippen molar-refractivity contribution < 1.29 is 94.5 Å². The molecule has 0 saturated carbocycles. The average Bonchev–Trinajstić information content (AvgIpc) is 2.98. The molecule has 44 heavy (non-hydrogen) atoms. The molecule has 3 fully saturated rings. The van der Waals surface area contributed by atoms with Crippen LogP contribution >= 0.6 is 0 Å². The monoisotopic (exact) mass is 649 g/mol. The predicted octanol–water partition coefficient (Wildman–Crippen LogP) is -8.34. The quantitative estimate of drug-likeness (QED) is 0.0873. The molecule has 13 N–H and O–H groups in total. The van der Waals surface area contributed by atoms with Crippen LogP contribution in [0.4, 0.5) is 0 Å². The van der Waals surface area contributed by atoms with E-state index in [0.29, 0.717) is 0 Å². The lowest BCUT2D eigenvalue weighted by Crippen LogP contribution is -2.64. The number of ether oxygens (including phenoxy) is 6. The molecule has 18 atom stereocenters. The van der Waals surface area contributed by atoms with Crippen molar-refractivity contribution in [2.24, 2.45) is 0 Å². The van der Waals surface area contributed by atoms with Crippen LogP contribution in [-0.4, -0.2) is 198 Å². The van der Waals surface area contributed by atoms with Gasteiger partial charge >= 0.3 is 0 Å². The number of carbonyl (C=O) groups is 1. The van der Waals surface area contributed by atoms with Crippen LogP contribution in [0.1, 0.15) is 13.8 Å². The molecule has 0 aromatic carbocycles. The number of nitrogens with one attached hydrogen (secondary N) is 1. The summed E-state index contributed by atoms with van der Waals surface area (Å²) < 4.78 is 32.3. The van der Waals surface area contributed by atoms with E-state index in [2.05, 4.69) is 5.32 Å². The third kappa shape index (κ3) is 8.36. The summed E-state index contributed by atoms with van der Waals surface area (Å²) in [6.07, 6.45) is -29.6. The molecule has 0 radical (unpaired) electrons. The van der Waals surface area contributed by atoms with E-state index in [1.807, 2.05) is 0 Å². The maximum absolute atomic E-state index is 12.2. The molecule has 0 aliphatic carbocycles. The summed E-state index contributed by atoms with van der Waals surface area (Å²) in [5.74, 6) is -0.811. The van der Waals surface area contributed by atoms with Crippen molar-refractivity contribution in [1.82, 2.24) is 5.32 Å². The van der Waals surface area contributed by atoms with Crippen LogP contribution in [0.2, 0.25) is 0 Å². The third-order valence-corrected chi connectivity index (χ3v) is 7.61. The number of amides is 1. The van der Waals surface area contributed by atoms with Crippen molar-refractivity contribution in [1.29, 1.82) is 0 Å². The number of hydrogen-bond acceptors (Lipinski definition) is 19. The molecule has 3 aliphatic heterocycles. The zero-order valence-corrected chi connectivity index (χ0v) is 23.7. The van der Waals surface area contributed by atoms with E-state index in [1.54, 1.807) is 0 Å². The number of aliphatic hydroxyl groups is 12. The fourth-order valence-electron chi connectivity index (χ4n) is 4.98. The van der Waals surface area contributed by atoms with Gasteiger partial charge in [0.15, 0.2) is 25.2 Å². The number of rotatable bonds is 12. The Morgan fingerprint density at radius 3 is 1.89 bits per heavy atom. The van der Waals surface area contributed by atoms with Crippen molar-refractivity contribution in [3.63, 3.8) is 0 Å². The summed E-state index contributed by atoms with van der Waals surface area (Å²) in [6, 6.07) is -1.76. The summed E-state index contributed by atoms with van der Waals surface area (Å²) in [5.41, 5.74) is 0. The molecular formula is C24H43NO19. The minimum absolute atomic E-state index is 0.789. The molecular weight excluding hydrogens is 606 g/mol. The fourth-order valence-corrected chi connectivity index (χ4v) is 4.98. The number of hydrogen-bond donors (Lipinski definition) is 13. The lowest BCUT2D eigenvalue weighted by molar-refractivity contribution is -0.338.